The van der Waals surface area contributed by atoms with Crippen LogP contribution in [0.4, 0.5) is 0 Å². The van der Waals surface area contributed by atoms with E-state index >= 15 is 0 Å². The van der Waals surface area contributed by atoms with Crippen LogP contribution in [-0.2, 0) is 0 Å². The zero-order valence-electron chi connectivity index (χ0n) is 10.9. The van der Waals surface area contributed by atoms with Crippen molar-refractivity contribution < 1.29 is 4.79 Å². The summed E-state index contributed by atoms with van der Waals surface area (Å²) in [4.78, 5) is 16.9. The zero-order chi connectivity index (χ0) is 14.1. The highest BCUT2D eigenvalue weighted by Gasteiger charge is 2.13. The first-order valence-electron chi connectivity index (χ1n) is 6.31. The van der Waals surface area contributed by atoms with Crippen LogP contribution in [-0.4, -0.2) is 10.8 Å². The highest BCUT2D eigenvalue weighted by molar-refractivity contribution is 6.32. The predicted octanol–water partition coefficient (Wildman–Crippen LogP) is 4.43. The third-order valence-electron chi connectivity index (χ3n) is 3.38. The highest BCUT2D eigenvalue weighted by atomic mass is 35.5. The fourth-order valence-corrected chi connectivity index (χ4v) is 2.39. The van der Waals surface area contributed by atoms with Gasteiger partial charge in [0.15, 0.2) is 5.78 Å². The second-order valence-electron chi connectivity index (χ2n) is 4.65. The maximum absolute atomic E-state index is 12.6. The third kappa shape index (κ3) is 2.19. The van der Waals surface area contributed by atoms with Crippen molar-refractivity contribution >= 4 is 28.3 Å². The van der Waals surface area contributed by atoms with Gasteiger partial charge in [-0.15, -0.1) is 0 Å². The van der Waals surface area contributed by atoms with Gasteiger partial charge in [-0.2, -0.15) is 0 Å². The second-order valence-corrected chi connectivity index (χ2v) is 5.06. The second kappa shape index (κ2) is 5.06. The number of halogens is 1. The molecule has 3 aromatic rings. The van der Waals surface area contributed by atoms with Crippen LogP contribution in [0.3, 0.4) is 0 Å². The smallest absolute Gasteiger partial charge is 0.193 e. The van der Waals surface area contributed by atoms with E-state index < -0.39 is 0 Å². The molecule has 2 aromatic carbocycles. The standard InChI is InChI=1S/C17H12ClNO/c1-11-14(5-2-6-15(11)18)17(20)13-8-7-12-4-3-9-19-16(12)10-13/h2-10H,1H3. The largest absolute Gasteiger partial charge is 0.289 e. The Bertz CT molecular complexity index is 811. The van der Waals surface area contributed by atoms with Gasteiger partial charge in [-0.1, -0.05) is 41.9 Å². The normalized spacial score (nSPS) is 10.7. The molecule has 0 saturated carbocycles. The van der Waals surface area contributed by atoms with E-state index in [-0.39, 0.29) is 5.78 Å². The quantitative estimate of drug-likeness (QED) is 0.651. The molecule has 0 fully saturated rings. The van der Waals surface area contributed by atoms with Crippen LogP contribution in [0.5, 0.6) is 0 Å². The molecule has 2 nitrogen and oxygen atoms in total. The van der Waals surface area contributed by atoms with Crippen LogP contribution in [0.25, 0.3) is 10.9 Å². The molecule has 0 radical (unpaired) electrons. The SMILES string of the molecule is Cc1c(Cl)cccc1C(=O)c1ccc2cccnc2c1. The lowest BCUT2D eigenvalue weighted by molar-refractivity contribution is 0.103. The summed E-state index contributed by atoms with van der Waals surface area (Å²) in [5.74, 6) is -0.0300. The van der Waals surface area contributed by atoms with E-state index in [1.54, 1.807) is 24.4 Å². The Balaban J connectivity index is 2.10. The molecule has 0 aliphatic carbocycles. The van der Waals surface area contributed by atoms with E-state index in [0.29, 0.717) is 16.1 Å². The Morgan fingerprint density at radius 3 is 2.80 bits per heavy atom. The molecule has 0 unspecified atom stereocenters. The predicted molar refractivity (Wildman–Crippen MR) is 81.4 cm³/mol. The topological polar surface area (TPSA) is 30.0 Å². The van der Waals surface area contributed by atoms with Crippen molar-refractivity contribution in [1.29, 1.82) is 0 Å². The fourth-order valence-electron chi connectivity index (χ4n) is 2.22. The number of ketones is 1. The highest BCUT2D eigenvalue weighted by Crippen LogP contribution is 2.22. The molecule has 3 heteroatoms. The summed E-state index contributed by atoms with van der Waals surface area (Å²) in [7, 11) is 0. The summed E-state index contributed by atoms with van der Waals surface area (Å²) in [6, 6.07) is 14.8. The molecule has 0 atom stereocenters. The Morgan fingerprint density at radius 2 is 1.95 bits per heavy atom. The first-order valence-corrected chi connectivity index (χ1v) is 6.69. The van der Waals surface area contributed by atoms with Crippen molar-refractivity contribution in [1.82, 2.24) is 4.98 Å². The van der Waals surface area contributed by atoms with Crippen molar-refractivity contribution in [3.05, 3.63) is 76.4 Å². The molecule has 0 saturated heterocycles. The first-order chi connectivity index (χ1) is 9.66. The number of aromatic nitrogens is 1. The number of carbonyl (C=O) groups excluding carboxylic acids is 1. The molecule has 20 heavy (non-hydrogen) atoms. The summed E-state index contributed by atoms with van der Waals surface area (Å²) in [6.07, 6.45) is 1.72. The van der Waals surface area contributed by atoms with Gasteiger partial charge in [0, 0.05) is 27.7 Å². The van der Waals surface area contributed by atoms with Gasteiger partial charge in [-0.05, 0) is 30.7 Å². The fraction of sp³-hybridized carbons (Fsp3) is 0.0588. The van der Waals surface area contributed by atoms with E-state index in [1.165, 1.54) is 0 Å². The molecule has 1 aromatic heterocycles. The maximum Gasteiger partial charge on any atom is 0.193 e. The van der Waals surface area contributed by atoms with Gasteiger partial charge in [0.2, 0.25) is 0 Å². The lowest BCUT2D eigenvalue weighted by atomic mass is 9.98. The Labute approximate surface area is 122 Å². The zero-order valence-corrected chi connectivity index (χ0v) is 11.7. The van der Waals surface area contributed by atoms with Gasteiger partial charge in [0.25, 0.3) is 0 Å². The minimum Gasteiger partial charge on any atom is -0.289 e. The maximum atomic E-state index is 12.6. The Morgan fingerprint density at radius 1 is 1.10 bits per heavy atom. The minimum atomic E-state index is -0.0300. The summed E-state index contributed by atoms with van der Waals surface area (Å²) in [5.41, 5.74) is 2.88. The van der Waals surface area contributed by atoms with Crippen molar-refractivity contribution in [2.45, 2.75) is 6.92 Å². The van der Waals surface area contributed by atoms with Gasteiger partial charge in [-0.25, -0.2) is 0 Å². The molecule has 0 spiro atoms. The number of nitrogens with zero attached hydrogens (tertiary/aromatic N) is 1. The van der Waals surface area contributed by atoms with Gasteiger partial charge in [0.05, 0.1) is 5.52 Å². The van der Waals surface area contributed by atoms with Crippen molar-refractivity contribution in [2.75, 3.05) is 0 Å². The van der Waals surface area contributed by atoms with Crippen LogP contribution in [0.1, 0.15) is 21.5 Å². The lowest BCUT2D eigenvalue weighted by Crippen LogP contribution is -2.04. The van der Waals surface area contributed by atoms with Crippen LogP contribution in [0.2, 0.25) is 5.02 Å². The average Bonchev–Trinajstić information content (AvgIpc) is 2.49. The van der Waals surface area contributed by atoms with Crippen molar-refractivity contribution in [3.63, 3.8) is 0 Å². The van der Waals surface area contributed by atoms with Crippen molar-refractivity contribution in [2.24, 2.45) is 0 Å². The molecule has 1 heterocycles. The molecule has 0 bridgehead atoms. The summed E-state index contributed by atoms with van der Waals surface area (Å²) >= 11 is 6.08. The molecular formula is C17H12ClNO. The van der Waals surface area contributed by atoms with E-state index in [1.807, 2.05) is 37.3 Å². The van der Waals surface area contributed by atoms with Gasteiger partial charge < -0.3 is 0 Å². The Hall–Kier alpha value is -2.19. The number of fused-ring (bicyclic) bond motifs is 1. The van der Waals surface area contributed by atoms with Crippen LogP contribution in [0.15, 0.2) is 54.7 Å². The number of rotatable bonds is 2. The number of pyridine rings is 1. The number of benzene rings is 2. The molecule has 0 aliphatic heterocycles. The van der Waals surface area contributed by atoms with Crippen LogP contribution >= 0.6 is 11.6 Å². The average molecular weight is 282 g/mol. The van der Waals surface area contributed by atoms with Crippen LogP contribution in [0, 0.1) is 6.92 Å². The third-order valence-corrected chi connectivity index (χ3v) is 3.79. The molecule has 98 valence electrons. The molecule has 3 rings (SSSR count). The molecule has 0 N–H and O–H groups in total. The molecule has 0 amide bonds. The number of carbonyl (C=O) groups is 1. The first kappa shape index (κ1) is 12.8. The number of hydrogen-bond acceptors (Lipinski definition) is 2. The summed E-state index contributed by atoms with van der Waals surface area (Å²) in [6.45, 7) is 1.86. The summed E-state index contributed by atoms with van der Waals surface area (Å²) < 4.78 is 0. The number of hydrogen-bond donors (Lipinski definition) is 0. The van der Waals surface area contributed by atoms with Gasteiger partial charge in [-0.3, -0.25) is 9.78 Å². The van der Waals surface area contributed by atoms with E-state index in [0.717, 1.165) is 16.5 Å². The molecule has 0 aliphatic rings. The Kier molecular flexibility index (Phi) is 3.25. The van der Waals surface area contributed by atoms with E-state index in [4.69, 9.17) is 11.6 Å². The van der Waals surface area contributed by atoms with Gasteiger partial charge in [0.1, 0.15) is 0 Å². The summed E-state index contributed by atoms with van der Waals surface area (Å²) in [5, 5.41) is 1.63. The van der Waals surface area contributed by atoms with E-state index in [9.17, 15) is 4.79 Å². The van der Waals surface area contributed by atoms with E-state index in [2.05, 4.69) is 4.98 Å². The molecular weight excluding hydrogens is 270 g/mol. The lowest BCUT2D eigenvalue weighted by Gasteiger charge is -2.07. The van der Waals surface area contributed by atoms with Gasteiger partial charge >= 0.3 is 0 Å². The van der Waals surface area contributed by atoms with Crippen molar-refractivity contribution in [3.8, 4) is 0 Å². The monoisotopic (exact) mass is 281 g/mol. The van der Waals surface area contributed by atoms with Crippen LogP contribution < -0.4 is 0 Å². The minimum absolute atomic E-state index is 0.0300.